The lowest BCUT2D eigenvalue weighted by Crippen LogP contribution is -2.26. The summed E-state index contributed by atoms with van der Waals surface area (Å²) in [6.45, 7) is -0.557. The van der Waals surface area contributed by atoms with Crippen LogP contribution in [-0.4, -0.2) is 35.0 Å². The van der Waals surface area contributed by atoms with Crippen molar-refractivity contribution < 1.29 is 14.3 Å². The van der Waals surface area contributed by atoms with Gasteiger partial charge < -0.3 is 5.11 Å². The van der Waals surface area contributed by atoms with Crippen LogP contribution in [0.3, 0.4) is 0 Å². The van der Waals surface area contributed by atoms with Gasteiger partial charge in [0.15, 0.2) is 0 Å². The number of hydrogen-bond donors (Lipinski definition) is 1. The van der Waals surface area contributed by atoms with E-state index in [2.05, 4.69) is 10.1 Å². The number of aryl methyl sites for hydroxylation is 1. The van der Waals surface area contributed by atoms with E-state index in [0.29, 0.717) is 5.69 Å². The number of rotatable bonds is 4. The summed E-state index contributed by atoms with van der Waals surface area (Å²) < 4.78 is 18.6. The van der Waals surface area contributed by atoms with Gasteiger partial charge in [-0.25, -0.2) is 9.18 Å². The van der Waals surface area contributed by atoms with Crippen molar-refractivity contribution in [1.29, 1.82) is 0 Å². The number of benzene rings is 2. The van der Waals surface area contributed by atoms with Crippen LogP contribution in [0.5, 0.6) is 0 Å². The van der Waals surface area contributed by atoms with Crippen LogP contribution in [-0.2, 0) is 18.4 Å². The molecule has 3 aromatic heterocycles. The number of fused-ring (bicyclic) bond motifs is 2. The summed E-state index contributed by atoms with van der Waals surface area (Å²) in [6.07, 6.45) is 5.24. The first-order valence-corrected chi connectivity index (χ1v) is 9.44. The van der Waals surface area contributed by atoms with Crippen LogP contribution in [0.2, 0.25) is 0 Å². The summed E-state index contributed by atoms with van der Waals surface area (Å²) in [6, 6.07) is 11.2. The van der Waals surface area contributed by atoms with Gasteiger partial charge in [0.2, 0.25) is 0 Å². The number of carboxylic acid groups (broad SMARTS) is 1. The van der Waals surface area contributed by atoms with Gasteiger partial charge >= 0.3 is 11.7 Å². The van der Waals surface area contributed by atoms with Crippen LogP contribution in [0.1, 0.15) is 0 Å². The molecule has 0 unspecified atom stereocenters. The SMILES string of the molecule is Cn1ncc2c(-c3ccc(-n4c(=O)n(CC(=O)O)c5cccc(F)c54)cc3)cncc21. The standard InChI is InChI=1S/C22H16FN5O3/c1-26-19-11-24-9-15(16(19)10-25-26)13-5-7-14(8-6-13)28-21-17(23)3-2-4-18(21)27(22(28)31)12-20(29)30/h2-11H,12H2,1H3,(H,29,30). The Labute approximate surface area is 174 Å². The molecule has 2 aromatic carbocycles. The van der Waals surface area contributed by atoms with Crippen LogP contribution < -0.4 is 5.69 Å². The minimum atomic E-state index is -1.18. The third-order valence-electron chi connectivity index (χ3n) is 5.31. The number of halogens is 1. The van der Waals surface area contributed by atoms with Gasteiger partial charge in [0.1, 0.15) is 17.9 Å². The van der Waals surface area contributed by atoms with Gasteiger partial charge in [-0.05, 0) is 29.8 Å². The molecule has 0 aliphatic carbocycles. The Morgan fingerprint density at radius 1 is 1.06 bits per heavy atom. The Balaban J connectivity index is 1.68. The number of carboxylic acids is 1. The molecule has 0 radical (unpaired) electrons. The molecule has 8 nitrogen and oxygen atoms in total. The van der Waals surface area contributed by atoms with Crippen LogP contribution in [0, 0.1) is 5.82 Å². The van der Waals surface area contributed by atoms with E-state index in [0.717, 1.165) is 26.6 Å². The predicted molar refractivity (Wildman–Crippen MR) is 113 cm³/mol. The summed E-state index contributed by atoms with van der Waals surface area (Å²) in [5, 5.41) is 14.4. The number of nitrogens with zero attached hydrogens (tertiary/aromatic N) is 5. The number of pyridine rings is 1. The molecule has 0 aliphatic heterocycles. The molecule has 0 aliphatic rings. The fourth-order valence-corrected chi connectivity index (χ4v) is 3.87. The average molecular weight is 417 g/mol. The Kier molecular flexibility index (Phi) is 4.18. The smallest absolute Gasteiger partial charge is 0.334 e. The molecule has 0 saturated heterocycles. The molecule has 5 aromatic rings. The highest BCUT2D eigenvalue weighted by atomic mass is 19.1. The first kappa shape index (κ1) is 18.7. The van der Waals surface area contributed by atoms with Crippen molar-refractivity contribution in [1.82, 2.24) is 23.9 Å². The Morgan fingerprint density at radius 3 is 2.58 bits per heavy atom. The lowest BCUT2D eigenvalue weighted by molar-refractivity contribution is -0.137. The molecule has 31 heavy (non-hydrogen) atoms. The third kappa shape index (κ3) is 2.90. The van der Waals surface area contributed by atoms with Crippen LogP contribution >= 0.6 is 0 Å². The zero-order valence-electron chi connectivity index (χ0n) is 16.4. The van der Waals surface area contributed by atoms with Crippen molar-refractivity contribution in [2.75, 3.05) is 0 Å². The van der Waals surface area contributed by atoms with Gasteiger partial charge in [-0.15, -0.1) is 0 Å². The van der Waals surface area contributed by atoms with Crippen molar-refractivity contribution in [3.05, 3.63) is 77.4 Å². The Hall–Kier alpha value is -4.27. The van der Waals surface area contributed by atoms with Gasteiger partial charge in [0, 0.05) is 24.2 Å². The molecule has 0 bridgehead atoms. The zero-order chi connectivity index (χ0) is 21.7. The molecule has 1 N–H and O–H groups in total. The monoisotopic (exact) mass is 417 g/mol. The molecule has 3 heterocycles. The largest absolute Gasteiger partial charge is 0.480 e. The van der Waals surface area contributed by atoms with E-state index in [1.807, 2.05) is 19.2 Å². The van der Waals surface area contributed by atoms with E-state index >= 15 is 0 Å². The highest BCUT2D eigenvalue weighted by Gasteiger charge is 2.19. The molecule has 0 fully saturated rings. The minimum Gasteiger partial charge on any atom is -0.480 e. The number of aliphatic carboxylic acids is 1. The second kappa shape index (κ2) is 6.91. The van der Waals surface area contributed by atoms with Crippen LogP contribution in [0.4, 0.5) is 4.39 Å². The van der Waals surface area contributed by atoms with E-state index in [4.69, 9.17) is 0 Å². The highest BCUT2D eigenvalue weighted by Crippen LogP contribution is 2.28. The van der Waals surface area contributed by atoms with Crippen LogP contribution in [0.15, 0.2) is 65.8 Å². The summed E-state index contributed by atoms with van der Waals surface area (Å²) in [5.74, 6) is -1.79. The lowest BCUT2D eigenvalue weighted by atomic mass is 10.0. The molecular formula is C22H16FN5O3. The van der Waals surface area contributed by atoms with E-state index in [1.165, 1.54) is 22.8 Å². The summed E-state index contributed by atoms with van der Waals surface area (Å²) in [4.78, 5) is 28.5. The quantitative estimate of drug-likeness (QED) is 0.485. The topological polar surface area (TPSA) is 94.9 Å². The number of carbonyl (C=O) groups is 1. The molecule has 0 spiro atoms. The molecule has 0 amide bonds. The molecule has 0 saturated carbocycles. The summed E-state index contributed by atoms with van der Waals surface area (Å²) in [5.41, 5.74) is 2.70. The van der Waals surface area contributed by atoms with Crippen molar-refractivity contribution in [2.24, 2.45) is 7.05 Å². The fraction of sp³-hybridized carbons (Fsp3) is 0.0909. The van der Waals surface area contributed by atoms with Gasteiger partial charge in [-0.2, -0.15) is 5.10 Å². The van der Waals surface area contributed by atoms with E-state index in [9.17, 15) is 19.1 Å². The molecule has 154 valence electrons. The summed E-state index contributed by atoms with van der Waals surface area (Å²) >= 11 is 0. The molecule has 0 atom stereocenters. The number of aromatic nitrogens is 5. The van der Waals surface area contributed by atoms with E-state index in [1.54, 1.807) is 35.4 Å². The second-order valence-electron chi connectivity index (χ2n) is 7.14. The van der Waals surface area contributed by atoms with Gasteiger partial charge in [0.25, 0.3) is 0 Å². The average Bonchev–Trinajstić information content (AvgIpc) is 3.27. The van der Waals surface area contributed by atoms with E-state index in [-0.39, 0.29) is 11.0 Å². The predicted octanol–water partition coefficient (Wildman–Crippen LogP) is 2.96. The van der Waals surface area contributed by atoms with Gasteiger partial charge in [0.05, 0.1) is 29.1 Å². The Morgan fingerprint density at radius 2 is 1.84 bits per heavy atom. The maximum atomic E-state index is 14.6. The van der Waals surface area contributed by atoms with Crippen molar-refractivity contribution in [3.8, 4) is 16.8 Å². The van der Waals surface area contributed by atoms with Crippen molar-refractivity contribution in [2.45, 2.75) is 6.54 Å². The maximum Gasteiger partial charge on any atom is 0.334 e. The summed E-state index contributed by atoms with van der Waals surface area (Å²) in [7, 11) is 1.84. The molecule has 9 heteroatoms. The maximum absolute atomic E-state index is 14.6. The van der Waals surface area contributed by atoms with Gasteiger partial charge in [-0.1, -0.05) is 18.2 Å². The normalized spacial score (nSPS) is 11.4. The zero-order valence-corrected chi connectivity index (χ0v) is 16.4. The van der Waals surface area contributed by atoms with Crippen LogP contribution in [0.25, 0.3) is 38.8 Å². The molecular weight excluding hydrogens is 401 g/mol. The third-order valence-corrected chi connectivity index (χ3v) is 5.31. The van der Waals surface area contributed by atoms with Crippen molar-refractivity contribution >= 4 is 27.9 Å². The second-order valence-corrected chi connectivity index (χ2v) is 7.14. The molecule has 5 rings (SSSR count). The minimum absolute atomic E-state index is 0.0394. The van der Waals surface area contributed by atoms with Gasteiger partial charge in [-0.3, -0.25) is 23.6 Å². The number of hydrogen-bond acceptors (Lipinski definition) is 4. The van der Waals surface area contributed by atoms with Crippen molar-refractivity contribution in [3.63, 3.8) is 0 Å². The Bertz CT molecular complexity index is 1530. The number of para-hydroxylation sites is 1. The number of imidazole rings is 1. The first-order valence-electron chi connectivity index (χ1n) is 9.44. The lowest BCUT2D eigenvalue weighted by Gasteiger charge is -2.07. The van der Waals surface area contributed by atoms with E-state index < -0.39 is 24.0 Å². The fourth-order valence-electron chi connectivity index (χ4n) is 3.87. The highest BCUT2D eigenvalue weighted by molar-refractivity contribution is 5.93. The first-order chi connectivity index (χ1) is 15.0.